The van der Waals surface area contributed by atoms with Crippen LogP contribution in [0.4, 0.5) is 0 Å². The second kappa shape index (κ2) is 18.0. The van der Waals surface area contributed by atoms with Crippen molar-refractivity contribution in [2.75, 3.05) is 0 Å². The third kappa shape index (κ3) is 16.2. The van der Waals surface area contributed by atoms with E-state index in [0.29, 0.717) is 17.6 Å². The minimum absolute atomic E-state index is 0.0162. The zero-order valence-corrected chi connectivity index (χ0v) is 28.3. The van der Waals surface area contributed by atoms with Crippen LogP contribution in [-0.4, -0.2) is 32.1 Å². The Morgan fingerprint density at radius 2 is 1.54 bits per heavy atom. The van der Waals surface area contributed by atoms with E-state index in [4.69, 9.17) is 9.59 Å². The first kappa shape index (κ1) is 35.6. The highest BCUT2D eigenvalue weighted by molar-refractivity contribution is 9.94. The van der Waals surface area contributed by atoms with Gasteiger partial charge in [-0.15, -0.1) is 0 Å². The normalized spacial score (nSPS) is 9.73. The molecule has 0 radical (unpaired) electrons. The predicted molar refractivity (Wildman–Crippen MR) is 158 cm³/mol. The number of fused-ring (bicyclic) bond motifs is 1. The number of hydrogen-bond acceptors (Lipinski definition) is 8. The van der Waals surface area contributed by atoms with Gasteiger partial charge in [0.25, 0.3) is 8.81 Å². The van der Waals surface area contributed by atoms with Gasteiger partial charge in [0, 0.05) is 91.7 Å². The summed E-state index contributed by atoms with van der Waals surface area (Å²) in [7, 11) is 0. The Balaban J connectivity index is 0.000000550. The standard InChI is InChI=1S/C12H12BrNO2.C9H7BrN2O.CO2.Br3OP/c1-8(15)12(9(2)16)4-3-11-7-10(13)5-6-14-11;1-6-5-11-8-4-7(10)2-3-12(8)9(6)13;2-1-3;1-5(2,3)4/h4-7H,3H2,1-2H3;2-5H,1H3;;. The highest BCUT2D eigenvalue weighted by Gasteiger charge is 2.08. The van der Waals surface area contributed by atoms with Gasteiger partial charge in [0.05, 0.1) is 5.57 Å². The van der Waals surface area contributed by atoms with Gasteiger partial charge in [-0.25, -0.2) is 4.98 Å². The maximum Gasteiger partial charge on any atom is 0.373 e. The number of aromatic nitrogens is 3. The zero-order chi connectivity index (χ0) is 28.8. The molecule has 0 aromatic carbocycles. The fourth-order valence-corrected chi connectivity index (χ4v) is 3.15. The summed E-state index contributed by atoms with van der Waals surface area (Å²) in [4.78, 5) is 58.4. The van der Waals surface area contributed by atoms with E-state index in [-0.39, 0.29) is 28.9 Å². The van der Waals surface area contributed by atoms with E-state index < -0.39 is 3.25 Å². The van der Waals surface area contributed by atoms with Gasteiger partial charge < -0.3 is 0 Å². The summed E-state index contributed by atoms with van der Waals surface area (Å²) in [6.07, 6.45) is 7.33. The number of pyridine rings is 2. The van der Waals surface area contributed by atoms with Crippen LogP contribution in [0.5, 0.6) is 0 Å². The molecule has 0 N–H and O–H groups in total. The van der Waals surface area contributed by atoms with Crippen molar-refractivity contribution in [1.29, 1.82) is 0 Å². The number of aryl methyl sites for hydroxylation is 1. The van der Waals surface area contributed by atoms with Crippen molar-refractivity contribution in [3.63, 3.8) is 0 Å². The summed E-state index contributed by atoms with van der Waals surface area (Å²) in [5.74, 6) is -0.412. The van der Waals surface area contributed by atoms with Crippen molar-refractivity contribution >= 4 is 105 Å². The van der Waals surface area contributed by atoms with Gasteiger partial charge in [-0.05, 0) is 45.0 Å². The fraction of sp³-hybridized carbons (Fsp3) is 0.182. The van der Waals surface area contributed by atoms with Gasteiger partial charge in [0.15, 0.2) is 11.6 Å². The number of carbonyl (C=O) groups is 2. The SMILES string of the molecule is CC(=O)C(=CCc1cc(Br)ccn1)C(C)=O.Cc1cnc2cc(Br)ccn2c1=O.O=C=O.O=P(Br)(Br)Br. The Morgan fingerprint density at radius 3 is 2.03 bits per heavy atom. The molecule has 37 heavy (non-hydrogen) atoms. The van der Waals surface area contributed by atoms with E-state index in [1.807, 2.05) is 18.2 Å². The molecule has 0 atom stereocenters. The summed E-state index contributed by atoms with van der Waals surface area (Å²) in [6.45, 7) is 4.53. The summed E-state index contributed by atoms with van der Waals surface area (Å²) in [5.41, 5.74) is 2.35. The number of allylic oxidation sites excluding steroid dienone is 2. The highest BCUT2D eigenvalue weighted by atomic mass is 80.0. The highest BCUT2D eigenvalue weighted by Crippen LogP contribution is 2.68. The minimum Gasteiger partial charge on any atom is -0.294 e. The molecule has 0 saturated heterocycles. The van der Waals surface area contributed by atoms with Crippen LogP contribution < -0.4 is 5.56 Å². The molecule has 3 heterocycles. The van der Waals surface area contributed by atoms with Gasteiger partial charge in [-0.2, -0.15) is 9.59 Å². The number of nitrogens with zero attached hydrogens (tertiary/aromatic N) is 3. The molecular weight excluding hydrogens is 833 g/mol. The van der Waals surface area contributed by atoms with Crippen molar-refractivity contribution in [1.82, 2.24) is 14.4 Å². The van der Waals surface area contributed by atoms with E-state index in [1.54, 1.807) is 37.7 Å². The smallest absolute Gasteiger partial charge is 0.294 e. The fourth-order valence-electron chi connectivity index (χ4n) is 2.44. The Labute approximate surface area is 253 Å². The number of ketones is 2. The molecule has 3 rings (SSSR count). The van der Waals surface area contributed by atoms with Crippen LogP contribution in [0.3, 0.4) is 0 Å². The number of halogens is 5. The molecule has 0 unspecified atom stereocenters. The minimum atomic E-state index is -2.20. The second-order valence-corrected chi connectivity index (χ2v) is 26.9. The quantitative estimate of drug-likeness (QED) is 0.119. The lowest BCUT2D eigenvalue weighted by atomic mass is 10.1. The van der Waals surface area contributed by atoms with Crippen LogP contribution in [0, 0.1) is 6.92 Å². The molecule has 0 amide bonds. The first-order valence-corrected chi connectivity index (χ1v) is 19.1. The van der Waals surface area contributed by atoms with Gasteiger partial charge in [0.1, 0.15) is 5.65 Å². The molecule has 0 spiro atoms. The lowest BCUT2D eigenvalue weighted by Crippen LogP contribution is -2.16. The van der Waals surface area contributed by atoms with Gasteiger partial charge in [-0.3, -0.25) is 28.3 Å². The van der Waals surface area contributed by atoms with Crippen LogP contribution in [0.1, 0.15) is 25.1 Å². The molecule has 9 nitrogen and oxygen atoms in total. The first-order chi connectivity index (χ1) is 17.1. The molecule has 3 aromatic rings. The predicted octanol–water partition coefficient (Wildman–Crippen LogP) is 6.95. The molecule has 0 saturated carbocycles. The molecule has 0 aliphatic rings. The number of hydrogen-bond donors (Lipinski definition) is 0. The first-order valence-electron chi connectivity index (χ1n) is 9.75. The Hall–Kier alpha value is -1.40. The number of carbonyl (C=O) groups excluding carboxylic acids is 4. The zero-order valence-electron chi connectivity index (χ0n) is 19.5. The van der Waals surface area contributed by atoms with Crippen molar-refractivity contribution in [2.45, 2.75) is 27.2 Å². The Bertz CT molecular complexity index is 1390. The average Bonchev–Trinajstić information content (AvgIpc) is 2.76. The molecule has 0 aliphatic heterocycles. The van der Waals surface area contributed by atoms with Gasteiger partial charge >= 0.3 is 6.15 Å². The molecule has 0 fully saturated rings. The molecule has 0 aliphatic carbocycles. The lowest BCUT2D eigenvalue weighted by Gasteiger charge is -2.00. The van der Waals surface area contributed by atoms with Crippen LogP contribution >= 0.6 is 81.6 Å². The summed E-state index contributed by atoms with van der Waals surface area (Å²) in [6, 6.07) is 7.30. The van der Waals surface area contributed by atoms with E-state index >= 15 is 0 Å². The Morgan fingerprint density at radius 1 is 1.03 bits per heavy atom. The van der Waals surface area contributed by atoms with E-state index in [2.05, 4.69) is 88.3 Å². The van der Waals surface area contributed by atoms with E-state index in [0.717, 1.165) is 14.6 Å². The maximum absolute atomic E-state index is 11.5. The van der Waals surface area contributed by atoms with Crippen molar-refractivity contribution in [3.05, 3.63) is 85.1 Å². The van der Waals surface area contributed by atoms with E-state index in [9.17, 15) is 18.9 Å². The van der Waals surface area contributed by atoms with Crippen LogP contribution in [0.2, 0.25) is 0 Å². The summed E-state index contributed by atoms with van der Waals surface area (Å²) < 4.78 is 11.1. The summed E-state index contributed by atoms with van der Waals surface area (Å²) >= 11 is 14.9. The van der Waals surface area contributed by atoms with Crippen molar-refractivity contribution < 1.29 is 23.7 Å². The van der Waals surface area contributed by atoms with Crippen molar-refractivity contribution in [3.8, 4) is 0 Å². The van der Waals surface area contributed by atoms with Crippen LogP contribution in [0.25, 0.3) is 5.65 Å². The monoisotopic (exact) mass is 847 g/mol. The molecule has 15 heteroatoms. The number of rotatable bonds is 4. The molecule has 0 bridgehead atoms. The van der Waals surface area contributed by atoms with Crippen LogP contribution in [-0.2, 0) is 30.2 Å². The topological polar surface area (TPSA) is 133 Å². The average molecular weight is 852 g/mol. The van der Waals surface area contributed by atoms with Crippen molar-refractivity contribution in [2.24, 2.45) is 0 Å². The second-order valence-electron chi connectivity index (χ2n) is 6.70. The maximum atomic E-state index is 11.5. The summed E-state index contributed by atoms with van der Waals surface area (Å²) in [5, 5.41) is 0. The third-order valence-corrected chi connectivity index (χ3v) is 4.88. The molecule has 3 aromatic heterocycles. The van der Waals surface area contributed by atoms with E-state index in [1.165, 1.54) is 18.2 Å². The lowest BCUT2D eigenvalue weighted by molar-refractivity contribution is -0.191. The van der Waals surface area contributed by atoms with Gasteiger partial charge in [0.2, 0.25) is 0 Å². The van der Waals surface area contributed by atoms with Crippen LogP contribution in [0.15, 0.2) is 68.2 Å². The molecular formula is C22H19Br5N3O6P. The largest absolute Gasteiger partial charge is 0.373 e. The molecule has 198 valence electrons. The Kier molecular flexibility index (Phi) is 17.3. The third-order valence-electron chi connectivity index (χ3n) is 3.90. The van der Waals surface area contributed by atoms with Gasteiger partial charge in [-0.1, -0.05) is 37.9 Å². The number of Topliss-reactive ketones (excluding diaryl/α,β-unsaturated/α-hetero) is 2.